The highest BCUT2D eigenvalue weighted by Gasteiger charge is 2.53. The van der Waals surface area contributed by atoms with E-state index in [-0.39, 0.29) is 18.4 Å². The fourth-order valence-corrected chi connectivity index (χ4v) is 7.64. The SMILES string of the molecule is CN1CCCC12CCC(c1cc(F)cc(F)c1)N(CC(=O)Nc1ccc3c(c1)CC1(C3)C(=O)Nc3ncccc31)C2=O. The summed E-state index contributed by atoms with van der Waals surface area (Å²) in [6, 6.07) is 12.0. The Morgan fingerprint density at radius 1 is 1.07 bits per heavy atom. The second-order valence-electron chi connectivity index (χ2n) is 12.1. The van der Waals surface area contributed by atoms with Gasteiger partial charge in [-0.2, -0.15) is 0 Å². The van der Waals surface area contributed by atoms with Crippen LogP contribution in [0, 0.1) is 11.6 Å². The van der Waals surface area contributed by atoms with Crippen LogP contribution < -0.4 is 10.6 Å². The maximum Gasteiger partial charge on any atom is 0.244 e. The summed E-state index contributed by atoms with van der Waals surface area (Å²) in [7, 11) is 1.92. The monoisotopic (exact) mass is 571 g/mol. The summed E-state index contributed by atoms with van der Waals surface area (Å²) >= 11 is 0. The first-order chi connectivity index (χ1) is 20.2. The lowest BCUT2D eigenvalue weighted by atomic mass is 9.79. The van der Waals surface area contributed by atoms with Crippen molar-refractivity contribution < 1.29 is 23.2 Å². The minimum atomic E-state index is -0.718. The van der Waals surface area contributed by atoms with E-state index < -0.39 is 34.5 Å². The predicted octanol–water partition coefficient (Wildman–Crippen LogP) is 4.12. The number of benzene rings is 2. The zero-order valence-electron chi connectivity index (χ0n) is 23.3. The number of halogens is 2. The molecule has 1 aliphatic carbocycles. The number of hydrogen-bond acceptors (Lipinski definition) is 5. The Bertz CT molecular complexity index is 1630. The number of nitrogens with zero attached hydrogens (tertiary/aromatic N) is 3. The molecule has 2 saturated heterocycles. The van der Waals surface area contributed by atoms with Crippen LogP contribution in [0.4, 0.5) is 20.3 Å². The Balaban J connectivity index is 1.13. The van der Waals surface area contributed by atoms with E-state index >= 15 is 0 Å². The first kappa shape index (κ1) is 26.7. The summed E-state index contributed by atoms with van der Waals surface area (Å²) < 4.78 is 28.4. The molecule has 3 aliphatic heterocycles. The van der Waals surface area contributed by atoms with Crippen molar-refractivity contribution in [3.8, 4) is 0 Å². The fraction of sp³-hybridized carbons (Fsp3) is 0.375. The third-order valence-corrected chi connectivity index (χ3v) is 9.73. The molecule has 4 aliphatic rings. The lowest BCUT2D eigenvalue weighted by Gasteiger charge is -2.47. The zero-order chi connectivity index (χ0) is 29.2. The van der Waals surface area contributed by atoms with Crippen molar-refractivity contribution in [2.24, 2.45) is 0 Å². The van der Waals surface area contributed by atoms with E-state index in [9.17, 15) is 23.2 Å². The van der Waals surface area contributed by atoms with Crippen molar-refractivity contribution in [2.45, 2.75) is 55.5 Å². The quantitative estimate of drug-likeness (QED) is 0.492. The minimum Gasteiger partial charge on any atom is -0.325 e. The Morgan fingerprint density at radius 2 is 1.86 bits per heavy atom. The van der Waals surface area contributed by atoms with Crippen LogP contribution in [-0.2, 0) is 32.6 Å². The third kappa shape index (κ3) is 4.11. The van der Waals surface area contributed by atoms with Gasteiger partial charge in [-0.05, 0) is 99.1 Å². The number of likely N-dealkylation sites (tertiary alicyclic amines) is 2. The smallest absolute Gasteiger partial charge is 0.244 e. The molecule has 2 spiro atoms. The van der Waals surface area contributed by atoms with Crippen molar-refractivity contribution in [2.75, 3.05) is 30.8 Å². The van der Waals surface area contributed by atoms with Crippen molar-refractivity contribution in [3.05, 3.63) is 88.6 Å². The number of carbonyl (C=O) groups excluding carboxylic acids is 3. The molecule has 0 radical (unpaired) electrons. The van der Waals surface area contributed by atoms with Gasteiger partial charge in [0.05, 0.1) is 11.5 Å². The van der Waals surface area contributed by atoms with Crippen LogP contribution in [0.25, 0.3) is 0 Å². The highest BCUT2D eigenvalue weighted by molar-refractivity contribution is 6.06. The van der Waals surface area contributed by atoms with E-state index in [0.29, 0.717) is 49.2 Å². The van der Waals surface area contributed by atoms with E-state index in [1.807, 2.05) is 36.2 Å². The molecule has 0 saturated carbocycles. The molecule has 0 bridgehead atoms. The highest BCUT2D eigenvalue weighted by Crippen LogP contribution is 2.47. The Morgan fingerprint density at radius 3 is 2.62 bits per heavy atom. The molecule has 2 fully saturated rings. The number of aromatic nitrogens is 1. The fourth-order valence-electron chi connectivity index (χ4n) is 7.64. The van der Waals surface area contributed by atoms with E-state index in [2.05, 4.69) is 15.6 Å². The van der Waals surface area contributed by atoms with Gasteiger partial charge in [0.2, 0.25) is 17.7 Å². The number of rotatable bonds is 4. The number of hydrogen-bond donors (Lipinski definition) is 2. The number of likely N-dealkylation sites (N-methyl/N-ethyl adjacent to an activating group) is 1. The molecule has 216 valence electrons. The first-order valence-corrected chi connectivity index (χ1v) is 14.4. The van der Waals surface area contributed by atoms with Gasteiger partial charge in [0, 0.05) is 23.5 Å². The van der Waals surface area contributed by atoms with Crippen LogP contribution in [0.3, 0.4) is 0 Å². The van der Waals surface area contributed by atoms with Gasteiger partial charge in [-0.15, -0.1) is 0 Å². The molecular formula is C32H31F2N5O3. The molecule has 3 aromatic rings. The average Bonchev–Trinajstić information content (AvgIpc) is 3.60. The number of anilines is 2. The summed E-state index contributed by atoms with van der Waals surface area (Å²) in [6.07, 6.45) is 5.30. The molecule has 3 unspecified atom stereocenters. The normalized spacial score (nSPS) is 26.5. The summed E-state index contributed by atoms with van der Waals surface area (Å²) in [5.41, 5.74) is 2.36. The van der Waals surface area contributed by atoms with E-state index in [4.69, 9.17) is 0 Å². The number of piperidine rings is 1. The Kier molecular flexibility index (Phi) is 6.16. The minimum absolute atomic E-state index is 0.0766. The molecule has 3 atom stereocenters. The van der Waals surface area contributed by atoms with Crippen molar-refractivity contribution in [1.82, 2.24) is 14.8 Å². The molecule has 4 heterocycles. The van der Waals surface area contributed by atoms with Gasteiger partial charge in [0.25, 0.3) is 0 Å². The Hall–Kier alpha value is -4.18. The molecule has 42 heavy (non-hydrogen) atoms. The zero-order valence-corrected chi connectivity index (χ0v) is 23.3. The number of amides is 3. The second kappa shape index (κ2) is 9.69. The Labute approximate surface area is 242 Å². The summed E-state index contributed by atoms with van der Waals surface area (Å²) in [5, 5.41) is 5.83. The topological polar surface area (TPSA) is 94.6 Å². The predicted molar refractivity (Wildman–Crippen MR) is 152 cm³/mol. The van der Waals surface area contributed by atoms with E-state index in [0.717, 1.165) is 35.7 Å². The molecule has 1 aromatic heterocycles. The van der Waals surface area contributed by atoms with E-state index in [1.54, 1.807) is 12.3 Å². The molecule has 3 amide bonds. The summed E-state index contributed by atoms with van der Waals surface area (Å²) in [5.74, 6) is -1.51. The van der Waals surface area contributed by atoms with Crippen LogP contribution >= 0.6 is 0 Å². The highest BCUT2D eigenvalue weighted by atomic mass is 19.1. The molecule has 2 N–H and O–H groups in total. The van der Waals surface area contributed by atoms with Crippen molar-refractivity contribution >= 4 is 29.2 Å². The van der Waals surface area contributed by atoms with E-state index in [1.165, 1.54) is 17.0 Å². The van der Waals surface area contributed by atoms with Gasteiger partial charge in [-0.3, -0.25) is 19.3 Å². The number of fused-ring (bicyclic) bond motifs is 3. The molecule has 8 nitrogen and oxygen atoms in total. The van der Waals surface area contributed by atoms with Gasteiger partial charge in [-0.25, -0.2) is 13.8 Å². The van der Waals surface area contributed by atoms with Gasteiger partial charge in [0.1, 0.15) is 29.5 Å². The average molecular weight is 572 g/mol. The van der Waals surface area contributed by atoms with Crippen LogP contribution in [0.1, 0.15) is 54.0 Å². The van der Waals surface area contributed by atoms with Crippen molar-refractivity contribution in [1.29, 1.82) is 0 Å². The molecular weight excluding hydrogens is 540 g/mol. The van der Waals surface area contributed by atoms with Gasteiger partial charge in [0.15, 0.2) is 0 Å². The summed E-state index contributed by atoms with van der Waals surface area (Å²) in [4.78, 5) is 48.4. The summed E-state index contributed by atoms with van der Waals surface area (Å²) in [6.45, 7) is 0.528. The van der Waals surface area contributed by atoms with Crippen LogP contribution in [-0.4, -0.2) is 58.2 Å². The van der Waals surface area contributed by atoms with Gasteiger partial charge in [-0.1, -0.05) is 12.1 Å². The van der Waals surface area contributed by atoms with Gasteiger partial charge >= 0.3 is 0 Å². The lowest BCUT2D eigenvalue weighted by molar-refractivity contribution is -0.152. The molecule has 10 heteroatoms. The molecule has 7 rings (SSSR count). The molecule has 2 aromatic carbocycles. The largest absolute Gasteiger partial charge is 0.325 e. The van der Waals surface area contributed by atoms with Crippen LogP contribution in [0.15, 0.2) is 54.7 Å². The second-order valence-corrected chi connectivity index (χ2v) is 12.1. The number of nitrogens with one attached hydrogen (secondary N) is 2. The first-order valence-electron chi connectivity index (χ1n) is 14.4. The maximum absolute atomic E-state index is 14.2. The standard InChI is InChI=1S/C32H31F2N5O3/c1-38-11-3-8-32(38)9-7-26(20-12-22(33)15-23(34)13-20)39(30(32)42)18-27(40)36-24-6-5-19-16-31(17-21(19)14-24)25-4-2-10-35-28(25)37-29(31)41/h2,4-6,10,12-15,26H,3,7-9,11,16-18H2,1H3,(H,36,40)(H,35,37,41). The lowest BCUT2D eigenvalue weighted by Crippen LogP contribution is -2.60. The number of pyridine rings is 1. The van der Waals surface area contributed by atoms with Crippen LogP contribution in [0.5, 0.6) is 0 Å². The number of carbonyl (C=O) groups is 3. The van der Waals surface area contributed by atoms with Crippen LogP contribution in [0.2, 0.25) is 0 Å². The maximum atomic E-state index is 14.2. The van der Waals surface area contributed by atoms with Crippen molar-refractivity contribution in [3.63, 3.8) is 0 Å². The third-order valence-electron chi connectivity index (χ3n) is 9.73. The van der Waals surface area contributed by atoms with Gasteiger partial charge < -0.3 is 15.5 Å².